The Kier molecular flexibility index (Phi) is 5.20. The number of hydrogen-bond acceptors (Lipinski definition) is 3. The van der Waals surface area contributed by atoms with Gasteiger partial charge in [0.1, 0.15) is 5.70 Å². The number of nitrogens with zero attached hydrogens (tertiary/aromatic N) is 2. The van der Waals surface area contributed by atoms with E-state index in [1.807, 2.05) is 26.0 Å². The highest BCUT2D eigenvalue weighted by Crippen LogP contribution is 2.19. The minimum absolute atomic E-state index is 0.0756. The standard InChI is InChI=1S/C16H21N3O3S/c1-4-5-10-17-16(20)15-11-14(18-23(21,22)19(15)3)13-8-6-12(2)7-9-13/h6-9,11H,4-5,10H2,1-3H3,(H,17,20). The SMILES string of the molecule is CCCCNC(=O)C1=CC(c2ccc(C)cc2)=NS(=O)(=O)N1C. The summed E-state index contributed by atoms with van der Waals surface area (Å²) >= 11 is 0. The number of nitrogens with one attached hydrogen (secondary N) is 1. The van der Waals surface area contributed by atoms with E-state index < -0.39 is 16.1 Å². The van der Waals surface area contributed by atoms with Crippen molar-refractivity contribution in [3.63, 3.8) is 0 Å². The molecular formula is C16H21N3O3S. The van der Waals surface area contributed by atoms with Crippen LogP contribution in [0.3, 0.4) is 0 Å². The molecule has 1 heterocycles. The van der Waals surface area contributed by atoms with Gasteiger partial charge < -0.3 is 5.32 Å². The van der Waals surface area contributed by atoms with Crippen LogP contribution in [-0.2, 0) is 15.0 Å². The van der Waals surface area contributed by atoms with E-state index in [1.165, 1.54) is 13.1 Å². The lowest BCUT2D eigenvalue weighted by atomic mass is 10.1. The average Bonchev–Trinajstić information content (AvgIpc) is 2.50. The Hall–Kier alpha value is -2.15. The maximum absolute atomic E-state index is 12.3. The molecule has 0 saturated heterocycles. The van der Waals surface area contributed by atoms with Crippen LogP contribution < -0.4 is 5.32 Å². The lowest BCUT2D eigenvalue weighted by Crippen LogP contribution is -2.38. The van der Waals surface area contributed by atoms with E-state index in [0.717, 1.165) is 22.7 Å². The highest BCUT2D eigenvalue weighted by Gasteiger charge is 2.29. The molecule has 1 aromatic rings. The van der Waals surface area contributed by atoms with Crippen LogP contribution in [0.5, 0.6) is 0 Å². The summed E-state index contributed by atoms with van der Waals surface area (Å²) in [5.74, 6) is -0.413. The second-order valence-corrected chi connectivity index (χ2v) is 7.05. The molecule has 1 aliphatic rings. The fraction of sp³-hybridized carbons (Fsp3) is 0.375. The number of rotatable bonds is 5. The molecule has 6 nitrogen and oxygen atoms in total. The first-order chi connectivity index (χ1) is 10.8. The van der Waals surface area contributed by atoms with Crippen molar-refractivity contribution in [1.82, 2.24) is 9.62 Å². The van der Waals surface area contributed by atoms with Crippen molar-refractivity contribution in [3.05, 3.63) is 47.2 Å². The second kappa shape index (κ2) is 6.95. The summed E-state index contributed by atoms with van der Waals surface area (Å²) in [5.41, 5.74) is 2.06. The zero-order chi connectivity index (χ0) is 17.0. The van der Waals surface area contributed by atoms with Crippen molar-refractivity contribution in [3.8, 4) is 0 Å². The Morgan fingerprint density at radius 2 is 1.91 bits per heavy atom. The zero-order valence-electron chi connectivity index (χ0n) is 13.5. The van der Waals surface area contributed by atoms with Gasteiger partial charge in [-0.15, -0.1) is 4.40 Å². The normalized spacial score (nSPS) is 16.6. The number of amides is 1. The van der Waals surface area contributed by atoms with Crippen LogP contribution >= 0.6 is 0 Å². The van der Waals surface area contributed by atoms with E-state index in [4.69, 9.17) is 0 Å². The van der Waals surface area contributed by atoms with Crippen LogP contribution in [0.1, 0.15) is 30.9 Å². The maximum atomic E-state index is 12.3. The molecule has 7 heteroatoms. The third-order valence-corrected chi connectivity index (χ3v) is 4.88. The van der Waals surface area contributed by atoms with Gasteiger partial charge in [-0.25, -0.2) is 4.31 Å². The Morgan fingerprint density at radius 3 is 2.52 bits per heavy atom. The number of aryl methyl sites for hydroxylation is 1. The molecule has 1 amide bonds. The number of benzene rings is 1. The van der Waals surface area contributed by atoms with Gasteiger partial charge in [0.05, 0.1) is 5.71 Å². The number of unbranched alkanes of at least 4 members (excludes halogenated alkanes) is 1. The van der Waals surface area contributed by atoms with E-state index >= 15 is 0 Å². The molecule has 0 bridgehead atoms. The van der Waals surface area contributed by atoms with Gasteiger partial charge in [-0.1, -0.05) is 43.2 Å². The Balaban J connectivity index is 2.35. The van der Waals surface area contributed by atoms with Crippen LogP contribution in [0.15, 0.2) is 40.4 Å². The van der Waals surface area contributed by atoms with Crippen LogP contribution in [0.25, 0.3) is 0 Å². The molecule has 0 aromatic heterocycles. The molecule has 1 aliphatic heterocycles. The minimum Gasteiger partial charge on any atom is -0.351 e. The first kappa shape index (κ1) is 17.2. The molecule has 0 unspecified atom stereocenters. The first-order valence-corrected chi connectivity index (χ1v) is 8.90. The van der Waals surface area contributed by atoms with Crippen molar-refractivity contribution in [2.75, 3.05) is 13.6 Å². The van der Waals surface area contributed by atoms with Gasteiger partial charge in [-0.3, -0.25) is 4.79 Å². The Bertz CT molecular complexity index is 749. The van der Waals surface area contributed by atoms with Gasteiger partial charge in [0.15, 0.2) is 0 Å². The number of likely N-dealkylation sites (N-methyl/N-ethyl adjacent to an activating group) is 1. The predicted octanol–water partition coefficient (Wildman–Crippen LogP) is 1.77. The van der Waals surface area contributed by atoms with E-state index in [1.54, 1.807) is 12.1 Å². The van der Waals surface area contributed by atoms with Gasteiger partial charge in [-0.2, -0.15) is 8.42 Å². The van der Waals surface area contributed by atoms with Crippen LogP contribution in [0.2, 0.25) is 0 Å². The minimum atomic E-state index is -3.90. The van der Waals surface area contributed by atoms with E-state index in [2.05, 4.69) is 9.71 Å². The highest BCUT2D eigenvalue weighted by molar-refractivity contribution is 7.88. The second-order valence-electron chi connectivity index (χ2n) is 5.43. The molecule has 0 atom stereocenters. The lowest BCUT2D eigenvalue weighted by molar-refractivity contribution is -0.118. The van der Waals surface area contributed by atoms with E-state index in [9.17, 15) is 13.2 Å². The number of carbonyl (C=O) groups excluding carboxylic acids is 1. The van der Waals surface area contributed by atoms with Crippen molar-refractivity contribution in [2.24, 2.45) is 4.40 Å². The van der Waals surface area contributed by atoms with Crippen molar-refractivity contribution in [2.45, 2.75) is 26.7 Å². The molecule has 0 fully saturated rings. The van der Waals surface area contributed by atoms with Crippen molar-refractivity contribution >= 4 is 21.8 Å². The lowest BCUT2D eigenvalue weighted by Gasteiger charge is -2.23. The average molecular weight is 335 g/mol. The summed E-state index contributed by atoms with van der Waals surface area (Å²) in [5, 5.41) is 2.73. The monoisotopic (exact) mass is 335 g/mol. The molecule has 124 valence electrons. The third kappa shape index (κ3) is 3.98. The summed E-state index contributed by atoms with van der Waals surface area (Å²) in [6.45, 7) is 4.47. The summed E-state index contributed by atoms with van der Waals surface area (Å²) in [6.07, 6.45) is 3.30. The molecule has 1 aromatic carbocycles. The number of carbonyl (C=O) groups is 1. The summed E-state index contributed by atoms with van der Waals surface area (Å²) in [4.78, 5) is 12.3. The van der Waals surface area contributed by atoms with E-state index in [0.29, 0.717) is 12.1 Å². The number of allylic oxidation sites excluding steroid dienone is 1. The molecule has 0 saturated carbocycles. The smallest absolute Gasteiger partial charge is 0.345 e. The third-order valence-electron chi connectivity index (χ3n) is 3.57. The van der Waals surface area contributed by atoms with E-state index in [-0.39, 0.29) is 11.4 Å². The maximum Gasteiger partial charge on any atom is 0.345 e. The van der Waals surface area contributed by atoms with Gasteiger partial charge in [0, 0.05) is 19.2 Å². The van der Waals surface area contributed by atoms with Gasteiger partial charge >= 0.3 is 10.2 Å². The van der Waals surface area contributed by atoms with Gasteiger partial charge in [0.25, 0.3) is 5.91 Å². The van der Waals surface area contributed by atoms with Crippen molar-refractivity contribution in [1.29, 1.82) is 0 Å². The Labute approximate surface area is 137 Å². The molecular weight excluding hydrogens is 314 g/mol. The Morgan fingerprint density at radius 1 is 1.26 bits per heavy atom. The van der Waals surface area contributed by atoms with Crippen LogP contribution in [0, 0.1) is 6.92 Å². The summed E-state index contributed by atoms with van der Waals surface area (Å²) in [7, 11) is -2.57. The summed E-state index contributed by atoms with van der Waals surface area (Å²) < 4.78 is 29.1. The van der Waals surface area contributed by atoms with Crippen LogP contribution in [-0.4, -0.2) is 37.9 Å². The quantitative estimate of drug-likeness (QED) is 0.833. The van der Waals surface area contributed by atoms with Gasteiger partial charge in [0.2, 0.25) is 0 Å². The predicted molar refractivity (Wildman–Crippen MR) is 90.4 cm³/mol. The van der Waals surface area contributed by atoms with Crippen LogP contribution in [0.4, 0.5) is 0 Å². The van der Waals surface area contributed by atoms with Crippen molar-refractivity contribution < 1.29 is 13.2 Å². The van der Waals surface area contributed by atoms with Gasteiger partial charge in [-0.05, 0) is 19.4 Å². The largest absolute Gasteiger partial charge is 0.351 e. The highest BCUT2D eigenvalue weighted by atomic mass is 32.2. The molecule has 23 heavy (non-hydrogen) atoms. The molecule has 2 rings (SSSR count). The molecule has 0 aliphatic carbocycles. The molecule has 0 spiro atoms. The number of hydrogen-bond donors (Lipinski definition) is 1. The summed E-state index contributed by atoms with van der Waals surface area (Å²) in [6, 6.07) is 7.32. The fourth-order valence-electron chi connectivity index (χ4n) is 2.09. The molecule has 0 radical (unpaired) electrons. The molecule has 1 N–H and O–H groups in total. The topological polar surface area (TPSA) is 78.8 Å². The fourth-order valence-corrected chi connectivity index (χ4v) is 3.01. The zero-order valence-corrected chi connectivity index (χ0v) is 14.4. The first-order valence-electron chi connectivity index (χ1n) is 7.51.